The Labute approximate surface area is 222 Å². The van der Waals surface area contributed by atoms with Crippen LogP contribution in [0.5, 0.6) is 0 Å². The molecule has 2 heterocycles. The molecule has 4 rings (SSSR count). The average molecular weight is 544 g/mol. The van der Waals surface area contributed by atoms with Gasteiger partial charge in [0.05, 0.1) is 10.9 Å². The van der Waals surface area contributed by atoms with Crippen LogP contribution in [-0.2, 0) is 30.8 Å². The molecule has 1 unspecified atom stereocenters. The number of nitrogens with zero attached hydrogens (tertiary/aromatic N) is 1. The van der Waals surface area contributed by atoms with Gasteiger partial charge in [0.1, 0.15) is 12.1 Å². The van der Waals surface area contributed by atoms with E-state index in [1.165, 1.54) is 12.1 Å². The van der Waals surface area contributed by atoms with Crippen LogP contribution in [0.1, 0.15) is 24.0 Å². The van der Waals surface area contributed by atoms with Crippen molar-refractivity contribution < 1.29 is 27.9 Å². The molecule has 2 fully saturated rings. The number of piperazine rings is 1. The van der Waals surface area contributed by atoms with Gasteiger partial charge in [0.25, 0.3) is 0 Å². The lowest BCUT2D eigenvalue weighted by molar-refractivity contribution is -0.142. The Morgan fingerprint density at radius 2 is 1.76 bits per heavy atom. The maximum Gasteiger partial charge on any atom is 0.326 e. The van der Waals surface area contributed by atoms with Gasteiger partial charge in [-0.25, -0.2) is 13.2 Å². The van der Waals surface area contributed by atoms with Crippen molar-refractivity contribution in [2.45, 2.75) is 49.2 Å². The van der Waals surface area contributed by atoms with Gasteiger partial charge >= 0.3 is 5.97 Å². The number of hydrogen-bond acceptors (Lipinski definition) is 7. The molecular weight excluding hydrogens is 510 g/mol. The Morgan fingerprint density at radius 1 is 1.05 bits per heavy atom. The van der Waals surface area contributed by atoms with Gasteiger partial charge in [0.2, 0.25) is 21.8 Å². The zero-order valence-corrected chi connectivity index (χ0v) is 22.0. The number of carboxylic acids is 1. The number of aryl methyl sites for hydroxylation is 1. The number of hydrogen-bond donors (Lipinski definition) is 5. The van der Waals surface area contributed by atoms with Crippen LogP contribution in [0.15, 0.2) is 53.4 Å². The minimum atomic E-state index is -3.91. The molecular formula is C26H33N5O6S. The van der Waals surface area contributed by atoms with Crippen molar-refractivity contribution in [3.63, 3.8) is 0 Å². The minimum Gasteiger partial charge on any atom is -0.480 e. The third-order valence-corrected chi connectivity index (χ3v) is 8.69. The number of benzene rings is 2. The van der Waals surface area contributed by atoms with Crippen molar-refractivity contribution in [2.75, 3.05) is 31.5 Å². The molecule has 204 valence electrons. The van der Waals surface area contributed by atoms with Crippen molar-refractivity contribution >= 4 is 33.5 Å². The minimum absolute atomic E-state index is 0.000826. The Hall–Kier alpha value is -3.32. The van der Waals surface area contributed by atoms with E-state index in [9.17, 15) is 27.9 Å². The van der Waals surface area contributed by atoms with Crippen molar-refractivity contribution in [3.8, 4) is 0 Å². The summed E-state index contributed by atoms with van der Waals surface area (Å²) in [4.78, 5) is 37.5. The first-order valence-electron chi connectivity index (χ1n) is 12.6. The number of carboxylic acid groups (broad SMARTS) is 1. The quantitative estimate of drug-likeness (QED) is 0.305. The molecule has 2 saturated heterocycles. The van der Waals surface area contributed by atoms with E-state index in [2.05, 4.69) is 21.3 Å². The fraction of sp³-hybridized carbons (Fsp3) is 0.423. The van der Waals surface area contributed by atoms with Gasteiger partial charge < -0.3 is 26.4 Å². The Kier molecular flexibility index (Phi) is 8.77. The number of carbonyl (C=O) groups excluding carboxylic acids is 2. The van der Waals surface area contributed by atoms with Gasteiger partial charge in [-0.2, -0.15) is 4.31 Å². The van der Waals surface area contributed by atoms with E-state index in [4.69, 9.17) is 0 Å². The fourth-order valence-corrected chi connectivity index (χ4v) is 6.29. The summed E-state index contributed by atoms with van der Waals surface area (Å²) in [6, 6.07) is 10.6. The summed E-state index contributed by atoms with van der Waals surface area (Å²) in [6.45, 7) is 4.09. The van der Waals surface area contributed by atoms with Crippen molar-refractivity contribution in [2.24, 2.45) is 0 Å². The number of aliphatic carboxylic acids is 1. The second-order valence-corrected chi connectivity index (χ2v) is 11.5. The molecule has 0 aromatic heterocycles. The van der Waals surface area contributed by atoms with Gasteiger partial charge in [-0.15, -0.1) is 0 Å². The van der Waals surface area contributed by atoms with Crippen molar-refractivity contribution in [1.82, 2.24) is 20.3 Å². The molecule has 3 atom stereocenters. The first kappa shape index (κ1) is 27.7. The zero-order valence-electron chi connectivity index (χ0n) is 21.1. The first-order chi connectivity index (χ1) is 18.1. The molecule has 0 spiro atoms. The van der Waals surface area contributed by atoms with E-state index < -0.39 is 34.0 Å². The van der Waals surface area contributed by atoms with Crippen molar-refractivity contribution in [3.05, 3.63) is 59.7 Å². The average Bonchev–Trinajstić information content (AvgIpc) is 3.41. The topological polar surface area (TPSA) is 157 Å². The molecule has 2 amide bonds. The van der Waals surface area contributed by atoms with E-state index in [0.717, 1.165) is 16.4 Å². The van der Waals surface area contributed by atoms with Gasteiger partial charge in [-0.05, 0) is 49.6 Å². The number of sulfonamides is 1. The smallest absolute Gasteiger partial charge is 0.326 e. The Bertz CT molecular complexity index is 1260. The third-order valence-electron chi connectivity index (χ3n) is 6.77. The summed E-state index contributed by atoms with van der Waals surface area (Å²) >= 11 is 0. The molecule has 2 aromatic carbocycles. The highest BCUT2D eigenvalue weighted by Crippen LogP contribution is 2.26. The number of amides is 2. The number of rotatable bonds is 9. The van der Waals surface area contributed by atoms with Crippen LogP contribution in [0.4, 0.5) is 5.69 Å². The van der Waals surface area contributed by atoms with Gasteiger partial charge in [-0.3, -0.25) is 9.59 Å². The number of anilines is 1. The molecule has 11 nitrogen and oxygen atoms in total. The highest BCUT2D eigenvalue weighted by Gasteiger charge is 2.40. The summed E-state index contributed by atoms with van der Waals surface area (Å²) in [6.07, 6.45) is 0.810. The van der Waals surface area contributed by atoms with Crippen molar-refractivity contribution in [1.29, 1.82) is 0 Å². The maximum atomic E-state index is 13.2. The number of carbonyl (C=O) groups is 3. The van der Waals surface area contributed by atoms with Crippen LogP contribution in [0.3, 0.4) is 0 Å². The lowest BCUT2D eigenvalue weighted by Gasteiger charge is -2.25. The molecule has 0 aliphatic carbocycles. The molecule has 2 aliphatic heterocycles. The number of nitrogens with one attached hydrogen (secondary N) is 4. The summed E-state index contributed by atoms with van der Waals surface area (Å²) in [5, 5.41) is 21.4. The zero-order chi connectivity index (χ0) is 27.3. The normalized spacial score (nSPS) is 21.0. The van der Waals surface area contributed by atoms with Crippen LogP contribution in [0, 0.1) is 6.92 Å². The summed E-state index contributed by atoms with van der Waals surface area (Å²) in [7, 11) is -3.91. The predicted molar refractivity (Wildman–Crippen MR) is 141 cm³/mol. The van der Waals surface area contributed by atoms with Gasteiger partial charge in [0, 0.05) is 38.3 Å². The third kappa shape index (κ3) is 6.57. The molecule has 5 N–H and O–H groups in total. The fourth-order valence-electron chi connectivity index (χ4n) is 4.63. The molecule has 38 heavy (non-hydrogen) atoms. The lowest BCUT2D eigenvalue weighted by atomic mass is 10.0. The van der Waals surface area contributed by atoms with Gasteiger partial charge in [-0.1, -0.05) is 29.8 Å². The molecule has 2 aromatic rings. The standard InChI is InChI=1S/C26H33N5O6S/c1-17-4-10-20(11-5-17)38(36,37)31-14-2-3-23(31)25(33)30-21(26(34)35)15-18-6-8-19(9-7-18)29-24(32)22-16-27-12-13-28-22/h4-11,21-23,27-28H,2-3,12-16H2,1H3,(H,29,32)(H,30,33)(H,34,35)/t21-,22?,23-/m0/s1. The van der Waals surface area contributed by atoms with Crippen LogP contribution in [0.25, 0.3) is 0 Å². The summed E-state index contributed by atoms with van der Waals surface area (Å²) in [5.74, 6) is -2.03. The monoisotopic (exact) mass is 543 g/mol. The SMILES string of the molecule is Cc1ccc(S(=O)(=O)N2CCC[C@H]2C(=O)N[C@@H](Cc2ccc(NC(=O)C3CNCCN3)cc2)C(=O)O)cc1. The van der Waals surface area contributed by atoms with E-state index in [-0.39, 0.29) is 29.8 Å². The maximum absolute atomic E-state index is 13.2. The summed E-state index contributed by atoms with van der Waals surface area (Å²) < 4.78 is 27.5. The van der Waals surface area contributed by atoms with E-state index >= 15 is 0 Å². The molecule has 2 aliphatic rings. The van der Waals surface area contributed by atoms with E-state index in [1.54, 1.807) is 36.4 Å². The molecule has 0 saturated carbocycles. The molecule has 12 heteroatoms. The Balaban J connectivity index is 1.39. The van der Waals surface area contributed by atoms with E-state index in [1.807, 2.05) is 6.92 Å². The predicted octanol–water partition coefficient (Wildman–Crippen LogP) is 0.460. The highest BCUT2D eigenvalue weighted by atomic mass is 32.2. The summed E-state index contributed by atoms with van der Waals surface area (Å²) in [5.41, 5.74) is 2.13. The Morgan fingerprint density at radius 3 is 2.39 bits per heavy atom. The first-order valence-corrected chi connectivity index (χ1v) is 14.0. The van der Waals surface area contributed by atoms with Gasteiger partial charge in [0.15, 0.2) is 0 Å². The lowest BCUT2D eigenvalue weighted by Crippen LogP contribution is -2.54. The van der Waals surface area contributed by atoms with Crippen LogP contribution < -0.4 is 21.3 Å². The highest BCUT2D eigenvalue weighted by molar-refractivity contribution is 7.89. The van der Waals surface area contributed by atoms with Crippen LogP contribution in [0.2, 0.25) is 0 Å². The second-order valence-electron chi connectivity index (χ2n) is 9.59. The van der Waals surface area contributed by atoms with E-state index in [0.29, 0.717) is 37.2 Å². The van der Waals surface area contributed by atoms with Crippen LogP contribution >= 0.6 is 0 Å². The molecule has 0 bridgehead atoms. The molecule has 0 radical (unpaired) electrons. The largest absolute Gasteiger partial charge is 0.480 e. The second kappa shape index (κ2) is 12.0. The van der Waals surface area contributed by atoms with Crippen LogP contribution in [-0.4, -0.2) is 79.9 Å².